The Hall–Kier alpha value is -1.16. The van der Waals surface area contributed by atoms with E-state index in [2.05, 4.69) is 14.9 Å². The van der Waals surface area contributed by atoms with E-state index in [4.69, 9.17) is 4.74 Å². The molecule has 2 fully saturated rings. The molecule has 104 valence electrons. The van der Waals surface area contributed by atoms with Crippen LogP contribution < -0.4 is 4.74 Å². The van der Waals surface area contributed by atoms with Gasteiger partial charge in [0.2, 0.25) is 5.88 Å². The number of hydrogen-bond donors (Lipinski definition) is 0. The SMILES string of the molecule is COc1ncncc1CN1CC(C2CCCCC2)C1. The van der Waals surface area contributed by atoms with Crippen molar-refractivity contribution in [2.24, 2.45) is 11.8 Å². The standard InChI is InChI=1S/C15H23N3O/c1-19-15-13(7-16-11-17-15)8-18-9-14(10-18)12-5-3-2-4-6-12/h7,11-12,14H,2-6,8-10H2,1H3. The Balaban J connectivity index is 1.51. The molecule has 0 aromatic carbocycles. The molecule has 0 amide bonds. The summed E-state index contributed by atoms with van der Waals surface area (Å²) in [6.45, 7) is 3.40. The molecule has 2 aliphatic rings. The van der Waals surface area contributed by atoms with Crippen LogP contribution in [0.3, 0.4) is 0 Å². The van der Waals surface area contributed by atoms with Crippen molar-refractivity contribution < 1.29 is 4.74 Å². The van der Waals surface area contributed by atoms with Gasteiger partial charge in [0.1, 0.15) is 6.33 Å². The van der Waals surface area contributed by atoms with Crippen molar-refractivity contribution in [3.8, 4) is 5.88 Å². The van der Waals surface area contributed by atoms with Crippen LogP contribution >= 0.6 is 0 Å². The molecule has 0 atom stereocenters. The maximum absolute atomic E-state index is 5.28. The molecule has 3 rings (SSSR count). The number of likely N-dealkylation sites (tertiary alicyclic amines) is 1. The number of nitrogens with zero attached hydrogens (tertiary/aromatic N) is 3. The predicted molar refractivity (Wildman–Crippen MR) is 73.9 cm³/mol. The molecule has 1 saturated carbocycles. The number of rotatable bonds is 4. The van der Waals surface area contributed by atoms with Crippen molar-refractivity contribution in [2.45, 2.75) is 38.6 Å². The summed E-state index contributed by atoms with van der Waals surface area (Å²) in [5.74, 6) is 2.63. The molecule has 0 spiro atoms. The van der Waals surface area contributed by atoms with Crippen molar-refractivity contribution in [1.82, 2.24) is 14.9 Å². The average molecular weight is 261 g/mol. The third-order valence-electron chi connectivity index (χ3n) is 4.64. The lowest BCUT2D eigenvalue weighted by atomic mass is 9.76. The van der Waals surface area contributed by atoms with Gasteiger partial charge in [-0.25, -0.2) is 9.97 Å². The highest BCUT2D eigenvalue weighted by molar-refractivity contribution is 5.22. The molecule has 19 heavy (non-hydrogen) atoms. The molecule has 1 aromatic rings. The lowest BCUT2D eigenvalue weighted by Crippen LogP contribution is -2.49. The quantitative estimate of drug-likeness (QED) is 0.834. The van der Waals surface area contributed by atoms with Crippen LogP contribution in [0.2, 0.25) is 0 Å². The first kappa shape index (κ1) is 12.9. The van der Waals surface area contributed by atoms with Crippen molar-refractivity contribution in [2.75, 3.05) is 20.2 Å². The minimum Gasteiger partial charge on any atom is -0.481 e. The monoisotopic (exact) mass is 261 g/mol. The van der Waals surface area contributed by atoms with E-state index in [1.165, 1.54) is 45.2 Å². The molecule has 1 aliphatic heterocycles. The van der Waals surface area contributed by atoms with E-state index in [9.17, 15) is 0 Å². The summed E-state index contributed by atoms with van der Waals surface area (Å²) in [5, 5.41) is 0. The van der Waals surface area contributed by atoms with Gasteiger partial charge < -0.3 is 4.74 Å². The van der Waals surface area contributed by atoms with Gasteiger partial charge >= 0.3 is 0 Å². The smallest absolute Gasteiger partial charge is 0.220 e. The Kier molecular flexibility index (Phi) is 3.97. The van der Waals surface area contributed by atoms with Crippen LogP contribution in [0.15, 0.2) is 12.5 Å². The minimum absolute atomic E-state index is 0.719. The molecule has 4 heteroatoms. The van der Waals surface area contributed by atoms with Crippen LogP contribution in [-0.2, 0) is 6.54 Å². The molecule has 4 nitrogen and oxygen atoms in total. The summed E-state index contributed by atoms with van der Waals surface area (Å²) in [5.41, 5.74) is 1.10. The lowest BCUT2D eigenvalue weighted by molar-refractivity contribution is 0.0359. The fourth-order valence-corrected chi connectivity index (χ4v) is 3.52. The van der Waals surface area contributed by atoms with Gasteiger partial charge in [0.25, 0.3) is 0 Å². The average Bonchev–Trinajstić information content (AvgIpc) is 2.43. The van der Waals surface area contributed by atoms with Crippen LogP contribution in [-0.4, -0.2) is 35.1 Å². The second kappa shape index (κ2) is 5.87. The van der Waals surface area contributed by atoms with Crippen LogP contribution in [0.5, 0.6) is 5.88 Å². The van der Waals surface area contributed by atoms with Crippen molar-refractivity contribution in [3.05, 3.63) is 18.1 Å². The molecule has 2 heterocycles. The van der Waals surface area contributed by atoms with E-state index in [1.54, 1.807) is 13.4 Å². The van der Waals surface area contributed by atoms with E-state index in [0.717, 1.165) is 29.8 Å². The van der Waals surface area contributed by atoms with E-state index in [-0.39, 0.29) is 0 Å². The number of hydrogen-bond acceptors (Lipinski definition) is 4. The van der Waals surface area contributed by atoms with Gasteiger partial charge in [-0.15, -0.1) is 0 Å². The molecule has 0 N–H and O–H groups in total. The molecule has 1 saturated heterocycles. The van der Waals surface area contributed by atoms with Crippen LogP contribution in [0.25, 0.3) is 0 Å². The first-order chi connectivity index (χ1) is 9.36. The zero-order chi connectivity index (χ0) is 13.1. The third kappa shape index (κ3) is 2.89. The Morgan fingerprint density at radius 2 is 2.00 bits per heavy atom. The maximum atomic E-state index is 5.28. The van der Waals surface area contributed by atoms with Gasteiger partial charge in [0.15, 0.2) is 0 Å². The van der Waals surface area contributed by atoms with Gasteiger partial charge in [0, 0.05) is 31.4 Å². The number of methoxy groups -OCH3 is 1. The zero-order valence-electron chi connectivity index (χ0n) is 11.7. The van der Waals surface area contributed by atoms with Gasteiger partial charge in [-0.2, -0.15) is 0 Å². The highest BCUT2D eigenvalue weighted by Crippen LogP contribution is 2.35. The lowest BCUT2D eigenvalue weighted by Gasteiger charge is -2.44. The Morgan fingerprint density at radius 1 is 1.21 bits per heavy atom. The summed E-state index contributed by atoms with van der Waals surface area (Å²) in [6.07, 6.45) is 10.7. The minimum atomic E-state index is 0.719. The third-order valence-corrected chi connectivity index (χ3v) is 4.64. The van der Waals surface area contributed by atoms with Gasteiger partial charge in [-0.1, -0.05) is 32.1 Å². The van der Waals surface area contributed by atoms with Crippen molar-refractivity contribution >= 4 is 0 Å². The molecule has 0 unspecified atom stereocenters. The molecule has 1 aromatic heterocycles. The molecule has 1 aliphatic carbocycles. The first-order valence-corrected chi connectivity index (χ1v) is 7.42. The maximum Gasteiger partial charge on any atom is 0.220 e. The Bertz CT molecular complexity index is 412. The van der Waals surface area contributed by atoms with E-state index in [1.807, 2.05) is 6.20 Å². The normalized spacial score (nSPS) is 22.2. The molecule has 0 radical (unpaired) electrons. The zero-order valence-corrected chi connectivity index (χ0v) is 11.7. The van der Waals surface area contributed by atoms with Crippen molar-refractivity contribution in [3.63, 3.8) is 0 Å². The van der Waals surface area contributed by atoms with E-state index in [0.29, 0.717) is 0 Å². The predicted octanol–water partition coefficient (Wildman–Crippen LogP) is 2.50. The van der Waals surface area contributed by atoms with E-state index >= 15 is 0 Å². The topological polar surface area (TPSA) is 38.3 Å². The molecule has 0 bridgehead atoms. The van der Waals surface area contributed by atoms with Gasteiger partial charge in [-0.3, -0.25) is 4.90 Å². The highest BCUT2D eigenvalue weighted by Gasteiger charge is 2.34. The van der Waals surface area contributed by atoms with Crippen LogP contribution in [0.4, 0.5) is 0 Å². The highest BCUT2D eigenvalue weighted by atomic mass is 16.5. The Labute approximate surface area is 115 Å². The summed E-state index contributed by atoms with van der Waals surface area (Å²) in [6, 6.07) is 0. The summed E-state index contributed by atoms with van der Waals surface area (Å²) >= 11 is 0. The number of ether oxygens (including phenoxy) is 1. The van der Waals surface area contributed by atoms with Crippen molar-refractivity contribution in [1.29, 1.82) is 0 Å². The van der Waals surface area contributed by atoms with E-state index < -0.39 is 0 Å². The first-order valence-electron chi connectivity index (χ1n) is 7.42. The fourth-order valence-electron chi connectivity index (χ4n) is 3.52. The second-order valence-electron chi connectivity index (χ2n) is 5.91. The van der Waals surface area contributed by atoms with Crippen LogP contribution in [0.1, 0.15) is 37.7 Å². The summed E-state index contributed by atoms with van der Waals surface area (Å²) in [4.78, 5) is 10.7. The summed E-state index contributed by atoms with van der Waals surface area (Å²) < 4.78 is 5.28. The van der Waals surface area contributed by atoms with Crippen LogP contribution in [0, 0.1) is 11.8 Å². The summed E-state index contributed by atoms with van der Waals surface area (Å²) in [7, 11) is 1.67. The van der Waals surface area contributed by atoms with Gasteiger partial charge in [-0.05, 0) is 11.8 Å². The second-order valence-corrected chi connectivity index (χ2v) is 5.91. The molecular formula is C15H23N3O. The van der Waals surface area contributed by atoms with Gasteiger partial charge in [0.05, 0.1) is 7.11 Å². The largest absolute Gasteiger partial charge is 0.481 e. The fraction of sp³-hybridized carbons (Fsp3) is 0.733. The molecular weight excluding hydrogens is 238 g/mol. The number of aromatic nitrogens is 2. The Morgan fingerprint density at radius 3 is 2.74 bits per heavy atom.